The number of aromatic carboxylic acids is 1. The minimum atomic E-state index is -0.920. The summed E-state index contributed by atoms with van der Waals surface area (Å²) in [5.41, 5.74) is 2.97. The number of carboxylic acids is 1. The average Bonchev–Trinajstić information content (AvgIpc) is 2.82. The number of aromatic nitrogens is 2. The Bertz CT molecular complexity index is 601. The molecular weight excluding hydrogens is 208 g/mol. The third kappa shape index (κ3) is 1.08. The molecule has 1 N–H and O–H groups in total. The summed E-state index contributed by atoms with van der Waals surface area (Å²) in [5, 5.41) is 13.6. The summed E-state index contributed by atoms with van der Waals surface area (Å²) >= 11 is 0. The van der Waals surface area contributed by atoms with Crippen LogP contribution in [0.15, 0.2) is 4.52 Å². The fourth-order valence-corrected chi connectivity index (χ4v) is 2.35. The SMILES string of the molecule is Cc1noc2nc3c(c(C(=O)O)c12)CCC3. The number of aryl methyl sites for hydroxylation is 2. The van der Waals surface area contributed by atoms with Crippen LogP contribution in [0.1, 0.15) is 33.7 Å². The Hall–Kier alpha value is -1.91. The van der Waals surface area contributed by atoms with Crippen LogP contribution in [-0.2, 0) is 12.8 Å². The van der Waals surface area contributed by atoms with Gasteiger partial charge in [0.15, 0.2) is 0 Å². The summed E-state index contributed by atoms with van der Waals surface area (Å²) in [6.45, 7) is 1.74. The largest absolute Gasteiger partial charge is 0.478 e. The minimum absolute atomic E-state index is 0.330. The van der Waals surface area contributed by atoms with Gasteiger partial charge < -0.3 is 9.63 Å². The Labute approximate surface area is 91.1 Å². The Balaban J connectivity index is 2.48. The molecular formula is C11H10N2O3. The lowest BCUT2D eigenvalue weighted by Gasteiger charge is -2.04. The fourth-order valence-electron chi connectivity index (χ4n) is 2.35. The van der Waals surface area contributed by atoms with Crippen LogP contribution >= 0.6 is 0 Å². The van der Waals surface area contributed by atoms with Gasteiger partial charge in [-0.15, -0.1) is 0 Å². The Morgan fingerprint density at radius 3 is 3.00 bits per heavy atom. The van der Waals surface area contributed by atoms with Gasteiger partial charge in [0, 0.05) is 5.69 Å². The van der Waals surface area contributed by atoms with E-state index < -0.39 is 5.97 Å². The third-order valence-corrected chi connectivity index (χ3v) is 3.04. The van der Waals surface area contributed by atoms with Crippen molar-refractivity contribution in [2.24, 2.45) is 0 Å². The molecule has 0 radical (unpaired) electrons. The molecule has 0 aliphatic heterocycles. The number of carbonyl (C=O) groups is 1. The van der Waals surface area contributed by atoms with E-state index in [-0.39, 0.29) is 0 Å². The van der Waals surface area contributed by atoms with Gasteiger partial charge in [0.1, 0.15) is 0 Å². The first kappa shape index (κ1) is 9.33. The highest BCUT2D eigenvalue weighted by atomic mass is 16.5. The van der Waals surface area contributed by atoms with Crippen molar-refractivity contribution in [1.82, 2.24) is 10.1 Å². The molecule has 1 aliphatic rings. The Morgan fingerprint density at radius 1 is 1.44 bits per heavy atom. The number of rotatable bonds is 1. The van der Waals surface area contributed by atoms with Crippen molar-refractivity contribution < 1.29 is 14.4 Å². The van der Waals surface area contributed by atoms with Crippen molar-refractivity contribution >= 4 is 17.1 Å². The second-order valence-electron chi connectivity index (χ2n) is 4.02. The summed E-state index contributed by atoms with van der Waals surface area (Å²) in [7, 11) is 0. The van der Waals surface area contributed by atoms with E-state index in [0.29, 0.717) is 22.4 Å². The standard InChI is InChI=1S/C11H10N2O3/c1-5-8-9(11(14)15)6-3-2-4-7(6)12-10(8)16-13-5/h2-4H2,1H3,(H,14,15). The molecule has 0 bridgehead atoms. The van der Waals surface area contributed by atoms with Crippen molar-refractivity contribution in [2.75, 3.05) is 0 Å². The summed E-state index contributed by atoms with van der Waals surface area (Å²) in [6.07, 6.45) is 2.57. The van der Waals surface area contributed by atoms with Crippen LogP contribution in [0.3, 0.4) is 0 Å². The number of nitrogens with zero attached hydrogens (tertiary/aromatic N) is 2. The van der Waals surface area contributed by atoms with E-state index in [1.807, 2.05) is 0 Å². The van der Waals surface area contributed by atoms with Crippen molar-refractivity contribution in [2.45, 2.75) is 26.2 Å². The van der Waals surface area contributed by atoms with E-state index in [4.69, 9.17) is 4.52 Å². The lowest BCUT2D eigenvalue weighted by Crippen LogP contribution is -2.05. The van der Waals surface area contributed by atoms with Crippen LogP contribution in [0.5, 0.6) is 0 Å². The highest BCUT2D eigenvalue weighted by Gasteiger charge is 2.26. The number of fused-ring (bicyclic) bond motifs is 2. The molecule has 0 aromatic carbocycles. The molecule has 2 aromatic rings. The minimum Gasteiger partial charge on any atom is -0.478 e. The van der Waals surface area contributed by atoms with Gasteiger partial charge in [0.05, 0.1) is 16.6 Å². The van der Waals surface area contributed by atoms with Crippen LogP contribution in [0.4, 0.5) is 0 Å². The summed E-state index contributed by atoms with van der Waals surface area (Å²) in [6, 6.07) is 0. The molecule has 5 nitrogen and oxygen atoms in total. The maximum atomic E-state index is 11.3. The molecule has 0 saturated heterocycles. The molecule has 3 rings (SSSR count). The monoisotopic (exact) mass is 218 g/mol. The number of hydrogen-bond donors (Lipinski definition) is 1. The first-order chi connectivity index (χ1) is 7.68. The van der Waals surface area contributed by atoms with Gasteiger partial charge in [-0.05, 0) is 31.7 Å². The van der Waals surface area contributed by atoms with Crippen LogP contribution in [-0.4, -0.2) is 21.2 Å². The third-order valence-electron chi connectivity index (χ3n) is 3.04. The van der Waals surface area contributed by atoms with E-state index in [2.05, 4.69) is 10.1 Å². The Morgan fingerprint density at radius 2 is 2.25 bits per heavy atom. The quantitative estimate of drug-likeness (QED) is 0.788. The van der Waals surface area contributed by atoms with Crippen molar-refractivity contribution in [1.29, 1.82) is 0 Å². The van der Waals surface area contributed by atoms with Gasteiger partial charge >= 0.3 is 5.97 Å². The smallest absolute Gasteiger partial charge is 0.336 e. The van der Waals surface area contributed by atoms with Gasteiger partial charge in [-0.2, -0.15) is 0 Å². The van der Waals surface area contributed by atoms with E-state index in [9.17, 15) is 9.90 Å². The van der Waals surface area contributed by atoms with Crippen molar-refractivity contribution in [3.8, 4) is 0 Å². The number of hydrogen-bond acceptors (Lipinski definition) is 4. The zero-order valence-electron chi connectivity index (χ0n) is 8.78. The topological polar surface area (TPSA) is 76.2 Å². The molecule has 2 heterocycles. The molecule has 0 atom stereocenters. The molecule has 0 fully saturated rings. The van der Waals surface area contributed by atoms with E-state index >= 15 is 0 Å². The highest BCUT2D eigenvalue weighted by molar-refractivity contribution is 6.04. The van der Waals surface area contributed by atoms with Crippen LogP contribution in [0.25, 0.3) is 11.1 Å². The molecule has 0 amide bonds. The molecule has 0 spiro atoms. The second kappa shape index (κ2) is 3.04. The molecule has 5 heteroatoms. The number of carboxylic acid groups (broad SMARTS) is 1. The lowest BCUT2D eigenvalue weighted by molar-refractivity contribution is 0.0697. The van der Waals surface area contributed by atoms with E-state index in [0.717, 1.165) is 30.5 Å². The normalized spacial score (nSPS) is 14.3. The van der Waals surface area contributed by atoms with Crippen LogP contribution < -0.4 is 0 Å². The molecule has 0 unspecified atom stereocenters. The summed E-state index contributed by atoms with van der Waals surface area (Å²) in [5.74, 6) is -0.920. The van der Waals surface area contributed by atoms with Gasteiger partial charge in [-0.25, -0.2) is 9.78 Å². The Kier molecular flexibility index (Phi) is 1.77. The van der Waals surface area contributed by atoms with Gasteiger partial charge in [0.25, 0.3) is 5.71 Å². The first-order valence-corrected chi connectivity index (χ1v) is 5.19. The number of pyridine rings is 1. The van der Waals surface area contributed by atoms with Gasteiger partial charge in [-0.1, -0.05) is 5.16 Å². The zero-order chi connectivity index (χ0) is 11.3. The maximum absolute atomic E-state index is 11.3. The molecule has 1 aliphatic carbocycles. The van der Waals surface area contributed by atoms with Crippen LogP contribution in [0, 0.1) is 6.92 Å². The average molecular weight is 218 g/mol. The predicted octanol–water partition coefficient (Wildman–Crippen LogP) is 1.72. The first-order valence-electron chi connectivity index (χ1n) is 5.19. The molecule has 2 aromatic heterocycles. The zero-order valence-corrected chi connectivity index (χ0v) is 8.78. The van der Waals surface area contributed by atoms with Crippen molar-refractivity contribution in [3.05, 3.63) is 22.5 Å². The van der Waals surface area contributed by atoms with Crippen molar-refractivity contribution in [3.63, 3.8) is 0 Å². The summed E-state index contributed by atoms with van der Waals surface area (Å²) in [4.78, 5) is 15.7. The molecule has 0 saturated carbocycles. The fraction of sp³-hybridized carbons (Fsp3) is 0.364. The second-order valence-corrected chi connectivity index (χ2v) is 4.02. The van der Waals surface area contributed by atoms with Crippen LogP contribution in [0.2, 0.25) is 0 Å². The maximum Gasteiger partial charge on any atom is 0.336 e. The van der Waals surface area contributed by atoms with Gasteiger partial charge in [-0.3, -0.25) is 0 Å². The highest BCUT2D eigenvalue weighted by Crippen LogP contribution is 2.31. The lowest BCUT2D eigenvalue weighted by atomic mass is 10.0. The molecule has 16 heavy (non-hydrogen) atoms. The van der Waals surface area contributed by atoms with Gasteiger partial charge in [0.2, 0.25) is 0 Å². The summed E-state index contributed by atoms with van der Waals surface area (Å²) < 4.78 is 5.04. The molecule has 82 valence electrons. The van der Waals surface area contributed by atoms with E-state index in [1.54, 1.807) is 6.92 Å². The predicted molar refractivity (Wildman–Crippen MR) is 55.5 cm³/mol. The van der Waals surface area contributed by atoms with E-state index in [1.165, 1.54) is 0 Å².